The third kappa shape index (κ3) is 3.30. The number of hydrogen-bond donors (Lipinski definition) is 1. The van der Waals surface area contributed by atoms with E-state index in [1.54, 1.807) is 0 Å². The molecule has 1 fully saturated rings. The number of sulfone groups is 1. The van der Waals surface area contributed by atoms with Gasteiger partial charge < -0.3 is 5.73 Å². The maximum atomic E-state index is 13.5. The minimum atomic E-state index is -3.21. The zero-order chi connectivity index (χ0) is 14.0. The molecular weight excluding hydrogens is 272 g/mol. The molecule has 1 aliphatic heterocycles. The molecule has 2 rings (SSSR count). The van der Waals surface area contributed by atoms with E-state index in [2.05, 4.69) is 0 Å². The van der Waals surface area contributed by atoms with Crippen LogP contribution in [0.4, 0.5) is 8.78 Å². The van der Waals surface area contributed by atoms with Crippen molar-refractivity contribution in [1.29, 1.82) is 0 Å². The molecule has 0 spiro atoms. The molecule has 3 nitrogen and oxygen atoms in total. The van der Waals surface area contributed by atoms with Crippen molar-refractivity contribution in [1.82, 2.24) is 0 Å². The monoisotopic (exact) mass is 289 g/mol. The topological polar surface area (TPSA) is 60.2 Å². The molecule has 19 heavy (non-hydrogen) atoms. The third-order valence-electron chi connectivity index (χ3n) is 3.57. The second kappa shape index (κ2) is 5.54. The lowest BCUT2D eigenvalue weighted by atomic mass is 10.00. The smallest absolute Gasteiger partial charge is 0.154 e. The lowest BCUT2D eigenvalue weighted by molar-refractivity contribution is 0.488. The molecule has 2 unspecified atom stereocenters. The minimum Gasteiger partial charge on any atom is -0.326 e. The van der Waals surface area contributed by atoms with Crippen LogP contribution >= 0.6 is 0 Å². The Bertz CT molecular complexity index is 560. The fourth-order valence-corrected chi connectivity index (χ4v) is 4.61. The van der Waals surface area contributed by atoms with E-state index in [-0.39, 0.29) is 17.7 Å². The fraction of sp³-hybridized carbons (Fsp3) is 0.538. The molecule has 0 aliphatic carbocycles. The van der Waals surface area contributed by atoms with E-state index in [9.17, 15) is 17.2 Å². The number of hydrogen-bond acceptors (Lipinski definition) is 3. The summed E-state index contributed by atoms with van der Waals surface area (Å²) in [6.45, 7) is 0. The van der Waals surface area contributed by atoms with Gasteiger partial charge in [-0.1, -0.05) is 6.42 Å². The van der Waals surface area contributed by atoms with E-state index in [4.69, 9.17) is 5.73 Å². The largest absolute Gasteiger partial charge is 0.326 e. The van der Waals surface area contributed by atoms with Gasteiger partial charge in [-0.05, 0) is 43.0 Å². The average Bonchev–Trinajstić information content (AvgIpc) is 2.33. The molecule has 0 radical (unpaired) electrons. The van der Waals surface area contributed by atoms with Crippen LogP contribution in [-0.2, 0) is 16.3 Å². The Morgan fingerprint density at radius 3 is 2.74 bits per heavy atom. The predicted octanol–water partition coefficient (Wildman–Crippen LogP) is 1.80. The first-order valence-electron chi connectivity index (χ1n) is 6.31. The zero-order valence-corrected chi connectivity index (χ0v) is 11.3. The van der Waals surface area contributed by atoms with Crippen molar-refractivity contribution in [2.24, 2.45) is 5.73 Å². The van der Waals surface area contributed by atoms with Crippen LogP contribution in [0, 0.1) is 11.6 Å². The molecule has 106 valence electrons. The van der Waals surface area contributed by atoms with Crippen molar-refractivity contribution in [3.63, 3.8) is 0 Å². The van der Waals surface area contributed by atoms with Crippen molar-refractivity contribution in [2.75, 3.05) is 5.75 Å². The normalized spacial score (nSPS) is 24.1. The van der Waals surface area contributed by atoms with Gasteiger partial charge in [-0.3, -0.25) is 0 Å². The van der Waals surface area contributed by atoms with Crippen molar-refractivity contribution in [2.45, 2.75) is 37.0 Å². The van der Waals surface area contributed by atoms with Crippen LogP contribution in [0.1, 0.15) is 24.8 Å². The maximum absolute atomic E-state index is 13.5. The van der Waals surface area contributed by atoms with Crippen molar-refractivity contribution in [3.05, 3.63) is 35.4 Å². The molecular formula is C13H17F2NO2S. The summed E-state index contributed by atoms with van der Waals surface area (Å²) in [7, 11) is -3.21. The summed E-state index contributed by atoms with van der Waals surface area (Å²) >= 11 is 0. The van der Waals surface area contributed by atoms with E-state index in [1.165, 1.54) is 0 Å². The summed E-state index contributed by atoms with van der Waals surface area (Å²) in [4.78, 5) is 0. The quantitative estimate of drug-likeness (QED) is 0.923. The first-order chi connectivity index (χ1) is 8.90. The molecule has 0 bridgehead atoms. The molecule has 1 aromatic carbocycles. The highest BCUT2D eigenvalue weighted by Crippen LogP contribution is 2.24. The van der Waals surface area contributed by atoms with Crippen LogP contribution in [0.25, 0.3) is 0 Å². The number of nitrogens with two attached hydrogens (primary N) is 1. The highest BCUT2D eigenvalue weighted by Gasteiger charge is 2.33. The van der Waals surface area contributed by atoms with Gasteiger partial charge in [0, 0.05) is 6.04 Å². The Labute approximate surface area is 111 Å². The fourth-order valence-electron chi connectivity index (χ4n) is 2.55. The maximum Gasteiger partial charge on any atom is 0.154 e. The molecule has 0 aromatic heterocycles. The Morgan fingerprint density at radius 1 is 1.32 bits per heavy atom. The molecule has 0 saturated carbocycles. The Morgan fingerprint density at radius 2 is 2.05 bits per heavy atom. The van der Waals surface area contributed by atoms with Crippen LogP contribution < -0.4 is 5.73 Å². The average molecular weight is 289 g/mol. The summed E-state index contributed by atoms with van der Waals surface area (Å²) < 4.78 is 50.4. The van der Waals surface area contributed by atoms with Gasteiger partial charge in [0.15, 0.2) is 9.84 Å². The van der Waals surface area contributed by atoms with Gasteiger partial charge in [0.05, 0.1) is 11.0 Å². The summed E-state index contributed by atoms with van der Waals surface area (Å²) in [6.07, 6.45) is 2.00. The number of rotatable bonds is 3. The molecule has 0 amide bonds. The summed E-state index contributed by atoms with van der Waals surface area (Å²) in [5.74, 6) is -0.961. The van der Waals surface area contributed by atoms with E-state index in [1.807, 2.05) is 0 Å². The second-order valence-corrected chi connectivity index (χ2v) is 7.34. The standard InChI is InChI=1S/C13H17F2NO2S/c14-10-4-5-11(15)9(7-10)8-12(16)13-3-1-2-6-19(13,17)18/h4-5,7,12-13H,1-3,6,8,16H2. The van der Waals surface area contributed by atoms with Gasteiger partial charge in [0.1, 0.15) is 11.6 Å². The van der Waals surface area contributed by atoms with E-state index < -0.39 is 32.8 Å². The lowest BCUT2D eigenvalue weighted by Gasteiger charge is -2.27. The van der Waals surface area contributed by atoms with Crippen molar-refractivity contribution >= 4 is 9.84 Å². The summed E-state index contributed by atoms with van der Waals surface area (Å²) in [5.41, 5.74) is 6.04. The molecule has 2 atom stereocenters. The van der Waals surface area contributed by atoms with Crippen LogP contribution in [0.2, 0.25) is 0 Å². The summed E-state index contributed by atoms with van der Waals surface area (Å²) in [6, 6.07) is 2.45. The first kappa shape index (κ1) is 14.4. The minimum absolute atomic E-state index is 0.0352. The van der Waals surface area contributed by atoms with Gasteiger partial charge >= 0.3 is 0 Å². The first-order valence-corrected chi connectivity index (χ1v) is 8.03. The molecule has 2 N–H and O–H groups in total. The molecule has 1 aromatic rings. The van der Waals surface area contributed by atoms with Crippen molar-refractivity contribution in [3.8, 4) is 0 Å². The third-order valence-corrected chi connectivity index (χ3v) is 5.94. The van der Waals surface area contributed by atoms with E-state index >= 15 is 0 Å². The van der Waals surface area contributed by atoms with Crippen LogP contribution in [0.3, 0.4) is 0 Å². The molecule has 1 saturated heterocycles. The highest BCUT2D eigenvalue weighted by atomic mass is 32.2. The van der Waals surface area contributed by atoms with Gasteiger partial charge in [-0.2, -0.15) is 0 Å². The van der Waals surface area contributed by atoms with E-state index in [0.717, 1.165) is 24.6 Å². The van der Waals surface area contributed by atoms with Gasteiger partial charge in [-0.25, -0.2) is 17.2 Å². The highest BCUT2D eigenvalue weighted by molar-refractivity contribution is 7.92. The predicted molar refractivity (Wildman–Crippen MR) is 69.5 cm³/mol. The number of benzene rings is 1. The van der Waals surface area contributed by atoms with Gasteiger partial charge in [0.25, 0.3) is 0 Å². The zero-order valence-electron chi connectivity index (χ0n) is 10.5. The number of halogens is 2. The van der Waals surface area contributed by atoms with Crippen LogP contribution in [0.5, 0.6) is 0 Å². The second-order valence-electron chi connectivity index (χ2n) is 5.00. The van der Waals surface area contributed by atoms with Gasteiger partial charge in [-0.15, -0.1) is 0 Å². The van der Waals surface area contributed by atoms with Crippen molar-refractivity contribution < 1.29 is 17.2 Å². The van der Waals surface area contributed by atoms with Crippen LogP contribution in [-0.4, -0.2) is 25.5 Å². The van der Waals surface area contributed by atoms with Crippen LogP contribution in [0.15, 0.2) is 18.2 Å². The molecule has 6 heteroatoms. The lowest BCUT2D eigenvalue weighted by Crippen LogP contribution is -2.45. The Kier molecular flexibility index (Phi) is 4.20. The summed E-state index contributed by atoms with van der Waals surface area (Å²) in [5, 5.41) is -0.649. The van der Waals surface area contributed by atoms with E-state index in [0.29, 0.717) is 12.8 Å². The van der Waals surface area contributed by atoms with Gasteiger partial charge in [0.2, 0.25) is 0 Å². The molecule has 1 heterocycles. The Hall–Kier alpha value is -1.01. The Balaban J connectivity index is 2.16. The molecule has 1 aliphatic rings. The SMILES string of the molecule is NC(Cc1cc(F)ccc1F)C1CCCCS1(=O)=O.